The van der Waals surface area contributed by atoms with E-state index in [-0.39, 0.29) is 6.04 Å². The van der Waals surface area contributed by atoms with Gasteiger partial charge >= 0.3 is 0 Å². The molecule has 2 aromatic rings. The van der Waals surface area contributed by atoms with Crippen LogP contribution in [0.15, 0.2) is 30.6 Å². The Morgan fingerprint density at radius 2 is 1.90 bits per heavy atom. The average Bonchev–Trinajstić information content (AvgIpc) is 2.74. The first-order valence-corrected chi connectivity index (χ1v) is 6.95. The highest BCUT2D eigenvalue weighted by Gasteiger charge is 2.16. The SMILES string of the molecule is Cc1cc(C)cc(C(CN)N(C)Cc2cnn(C)c2)c1. The number of hydrogen-bond acceptors (Lipinski definition) is 3. The number of nitrogens with zero attached hydrogens (tertiary/aromatic N) is 3. The van der Waals surface area contributed by atoms with Crippen molar-refractivity contribution in [2.24, 2.45) is 12.8 Å². The van der Waals surface area contributed by atoms with Crippen LogP contribution in [0.3, 0.4) is 0 Å². The van der Waals surface area contributed by atoms with Gasteiger partial charge < -0.3 is 5.73 Å². The molecular formula is C16H24N4. The highest BCUT2D eigenvalue weighted by Crippen LogP contribution is 2.22. The number of likely N-dealkylation sites (N-methyl/N-ethyl adjacent to an activating group) is 1. The van der Waals surface area contributed by atoms with E-state index in [1.54, 1.807) is 0 Å². The lowest BCUT2D eigenvalue weighted by molar-refractivity contribution is 0.241. The predicted molar refractivity (Wildman–Crippen MR) is 82.4 cm³/mol. The van der Waals surface area contributed by atoms with E-state index in [2.05, 4.69) is 49.1 Å². The topological polar surface area (TPSA) is 47.1 Å². The van der Waals surface area contributed by atoms with Crippen LogP contribution in [-0.4, -0.2) is 28.3 Å². The molecule has 1 aromatic heterocycles. The van der Waals surface area contributed by atoms with Crippen molar-refractivity contribution in [1.29, 1.82) is 0 Å². The summed E-state index contributed by atoms with van der Waals surface area (Å²) in [5.74, 6) is 0. The van der Waals surface area contributed by atoms with Gasteiger partial charge in [-0.3, -0.25) is 9.58 Å². The second-order valence-electron chi connectivity index (χ2n) is 5.61. The third-order valence-corrected chi connectivity index (χ3v) is 3.57. The summed E-state index contributed by atoms with van der Waals surface area (Å²) in [7, 11) is 4.05. The van der Waals surface area contributed by atoms with Crippen molar-refractivity contribution in [2.45, 2.75) is 26.4 Å². The van der Waals surface area contributed by atoms with E-state index in [1.165, 1.54) is 22.3 Å². The van der Waals surface area contributed by atoms with Crippen molar-refractivity contribution in [2.75, 3.05) is 13.6 Å². The van der Waals surface area contributed by atoms with Crippen LogP contribution in [0, 0.1) is 13.8 Å². The molecule has 0 saturated heterocycles. The van der Waals surface area contributed by atoms with Crippen LogP contribution in [0.4, 0.5) is 0 Å². The van der Waals surface area contributed by atoms with Gasteiger partial charge in [0.05, 0.1) is 6.20 Å². The largest absolute Gasteiger partial charge is 0.329 e. The van der Waals surface area contributed by atoms with Crippen LogP contribution in [-0.2, 0) is 13.6 Å². The third-order valence-electron chi connectivity index (χ3n) is 3.57. The van der Waals surface area contributed by atoms with Gasteiger partial charge in [0.2, 0.25) is 0 Å². The number of aryl methyl sites for hydroxylation is 3. The van der Waals surface area contributed by atoms with Crippen LogP contribution >= 0.6 is 0 Å². The fourth-order valence-electron chi connectivity index (χ4n) is 2.72. The minimum Gasteiger partial charge on any atom is -0.329 e. The van der Waals surface area contributed by atoms with Gasteiger partial charge in [0, 0.05) is 37.9 Å². The van der Waals surface area contributed by atoms with Crippen LogP contribution in [0.25, 0.3) is 0 Å². The molecule has 1 atom stereocenters. The number of benzene rings is 1. The van der Waals surface area contributed by atoms with Crippen molar-refractivity contribution in [3.05, 3.63) is 52.8 Å². The fraction of sp³-hybridized carbons (Fsp3) is 0.438. The van der Waals surface area contributed by atoms with Crippen LogP contribution in [0.1, 0.15) is 28.3 Å². The highest BCUT2D eigenvalue weighted by molar-refractivity contribution is 5.31. The summed E-state index contributed by atoms with van der Waals surface area (Å²) in [4.78, 5) is 2.28. The predicted octanol–water partition coefficient (Wildman–Crippen LogP) is 2.17. The molecule has 4 nitrogen and oxygen atoms in total. The molecule has 0 spiro atoms. The van der Waals surface area contributed by atoms with Crippen molar-refractivity contribution < 1.29 is 0 Å². The normalized spacial score (nSPS) is 12.9. The Bertz CT molecular complexity index is 553. The Morgan fingerprint density at radius 1 is 1.25 bits per heavy atom. The molecule has 108 valence electrons. The molecule has 1 aromatic carbocycles. The minimum atomic E-state index is 0.230. The van der Waals surface area contributed by atoms with E-state index in [0.717, 1.165) is 6.54 Å². The summed E-state index contributed by atoms with van der Waals surface area (Å²) in [6.45, 7) is 5.72. The Morgan fingerprint density at radius 3 is 2.40 bits per heavy atom. The van der Waals surface area contributed by atoms with Crippen LogP contribution in [0.2, 0.25) is 0 Å². The molecule has 0 fully saturated rings. The lowest BCUT2D eigenvalue weighted by Gasteiger charge is -2.27. The summed E-state index contributed by atoms with van der Waals surface area (Å²) < 4.78 is 1.83. The molecule has 0 aliphatic carbocycles. The monoisotopic (exact) mass is 272 g/mol. The second kappa shape index (κ2) is 6.20. The summed E-state index contributed by atoms with van der Waals surface area (Å²) >= 11 is 0. The van der Waals surface area contributed by atoms with E-state index in [1.807, 2.05) is 24.1 Å². The Balaban J connectivity index is 2.18. The van der Waals surface area contributed by atoms with Crippen molar-refractivity contribution in [1.82, 2.24) is 14.7 Å². The van der Waals surface area contributed by atoms with Crippen molar-refractivity contribution in [3.8, 4) is 0 Å². The van der Waals surface area contributed by atoms with Gasteiger partial charge in [-0.15, -0.1) is 0 Å². The summed E-state index contributed by atoms with van der Waals surface area (Å²) in [6.07, 6.45) is 3.96. The molecule has 4 heteroatoms. The standard InChI is InChI=1S/C16H24N4/c1-12-5-13(2)7-15(6-12)16(8-17)19(3)10-14-9-18-20(4)11-14/h5-7,9,11,16H,8,10,17H2,1-4H3. The average molecular weight is 272 g/mol. The molecule has 0 saturated carbocycles. The number of aromatic nitrogens is 2. The fourth-order valence-corrected chi connectivity index (χ4v) is 2.72. The molecule has 1 heterocycles. The molecule has 0 aliphatic heterocycles. The van der Waals surface area contributed by atoms with Gasteiger partial charge in [-0.2, -0.15) is 5.10 Å². The number of hydrogen-bond donors (Lipinski definition) is 1. The van der Waals surface area contributed by atoms with Crippen molar-refractivity contribution in [3.63, 3.8) is 0 Å². The zero-order valence-corrected chi connectivity index (χ0v) is 12.8. The van der Waals surface area contributed by atoms with E-state index in [4.69, 9.17) is 5.73 Å². The van der Waals surface area contributed by atoms with Crippen LogP contribution in [0.5, 0.6) is 0 Å². The Hall–Kier alpha value is -1.65. The molecule has 0 amide bonds. The summed E-state index contributed by atoms with van der Waals surface area (Å²) in [5, 5.41) is 4.21. The maximum Gasteiger partial charge on any atom is 0.0534 e. The number of nitrogens with two attached hydrogens (primary N) is 1. The highest BCUT2D eigenvalue weighted by atomic mass is 15.2. The van der Waals surface area contributed by atoms with E-state index in [0.29, 0.717) is 6.54 Å². The first kappa shape index (κ1) is 14.8. The molecule has 0 aliphatic rings. The van der Waals surface area contributed by atoms with Crippen LogP contribution < -0.4 is 5.73 Å². The Labute approximate surface area is 121 Å². The maximum absolute atomic E-state index is 6.00. The van der Waals surface area contributed by atoms with Gasteiger partial charge in [-0.25, -0.2) is 0 Å². The van der Waals surface area contributed by atoms with Gasteiger partial charge in [-0.1, -0.05) is 29.3 Å². The second-order valence-corrected chi connectivity index (χ2v) is 5.61. The molecule has 2 N–H and O–H groups in total. The Kier molecular flexibility index (Phi) is 4.57. The first-order valence-electron chi connectivity index (χ1n) is 6.95. The van der Waals surface area contributed by atoms with Gasteiger partial charge in [0.1, 0.15) is 0 Å². The zero-order chi connectivity index (χ0) is 14.7. The van der Waals surface area contributed by atoms with E-state index < -0.39 is 0 Å². The molecule has 2 rings (SSSR count). The molecule has 0 radical (unpaired) electrons. The lowest BCUT2D eigenvalue weighted by atomic mass is 10.00. The molecular weight excluding hydrogens is 248 g/mol. The molecule has 1 unspecified atom stereocenters. The van der Waals surface area contributed by atoms with Gasteiger partial charge in [0.25, 0.3) is 0 Å². The van der Waals surface area contributed by atoms with E-state index >= 15 is 0 Å². The zero-order valence-electron chi connectivity index (χ0n) is 12.8. The lowest BCUT2D eigenvalue weighted by Crippen LogP contribution is -2.30. The van der Waals surface area contributed by atoms with Gasteiger partial charge in [0.15, 0.2) is 0 Å². The maximum atomic E-state index is 6.00. The third kappa shape index (κ3) is 3.46. The first-order chi connectivity index (χ1) is 9.49. The quantitative estimate of drug-likeness (QED) is 0.907. The van der Waals surface area contributed by atoms with Crippen molar-refractivity contribution >= 4 is 0 Å². The van der Waals surface area contributed by atoms with E-state index in [9.17, 15) is 0 Å². The molecule has 0 bridgehead atoms. The summed E-state index contributed by atoms with van der Waals surface area (Å²) in [6, 6.07) is 6.88. The van der Waals surface area contributed by atoms with Gasteiger partial charge in [-0.05, 0) is 26.5 Å². The smallest absolute Gasteiger partial charge is 0.0534 e. The number of rotatable bonds is 5. The molecule has 20 heavy (non-hydrogen) atoms. The summed E-state index contributed by atoms with van der Waals surface area (Å²) in [5.41, 5.74) is 11.1. The minimum absolute atomic E-state index is 0.230.